The molecule has 0 bridgehead atoms. The molecule has 2 heterocycles. The maximum Gasteiger partial charge on any atom is 0.343 e. The molecule has 5 rings (SSSR count). The van der Waals surface area contributed by atoms with Crippen LogP contribution in [-0.4, -0.2) is 22.9 Å². The van der Waals surface area contributed by atoms with Gasteiger partial charge in [-0.05, 0) is 48.6 Å². The number of nitrogens with zero attached hydrogens (tertiary/aromatic N) is 2. The lowest BCUT2D eigenvalue weighted by molar-refractivity contribution is -0.130. The number of benzene rings is 3. The topological polar surface area (TPSA) is 53.4 Å². The Hall–Kier alpha value is -4.38. The van der Waals surface area contributed by atoms with Crippen LogP contribution in [0.25, 0.3) is 28.8 Å². The fourth-order valence-corrected chi connectivity index (χ4v) is 3.58. The van der Waals surface area contributed by atoms with Gasteiger partial charge >= 0.3 is 5.97 Å². The van der Waals surface area contributed by atoms with Crippen LogP contribution in [0.1, 0.15) is 11.1 Å². The van der Waals surface area contributed by atoms with Gasteiger partial charge in [-0.1, -0.05) is 48.5 Å². The number of cyclic esters (lactones) is 1. The molecule has 0 radical (unpaired) electrons. The average Bonchev–Trinajstić information content (AvgIpc) is 3.44. The molecule has 4 aromatic rings. The lowest BCUT2D eigenvalue weighted by Crippen LogP contribution is -1.97. The number of methoxy groups -OCH3 is 1. The molecule has 0 spiro atoms. The Morgan fingerprint density at radius 1 is 0.875 bits per heavy atom. The van der Waals surface area contributed by atoms with E-state index < -0.39 is 0 Å². The molecule has 0 unspecified atom stereocenters. The Kier molecular flexibility index (Phi) is 5.14. The maximum atomic E-state index is 12.6. The second kappa shape index (κ2) is 8.40. The number of rotatable bonds is 5. The predicted molar refractivity (Wildman–Crippen MR) is 124 cm³/mol. The minimum Gasteiger partial charge on any atom is -0.497 e. The fourth-order valence-electron chi connectivity index (χ4n) is 3.58. The third-order valence-electron chi connectivity index (χ3n) is 5.22. The standard InChI is InChI=1S/C27H20N2O3/c1-31-24-14-12-20(13-15-24)26-22(18-29(28-26)23-10-6-3-7-11-23)16-21-17-25(32-27(21)30)19-8-4-2-5-9-19/h2-18H,1H3/b21-16+. The molecule has 1 aliphatic heterocycles. The zero-order chi connectivity index (χ0) is 21.9. The Morgan fingerprint density at radius 2 is 1.56 bits per heavy atom. The zero-order valence-electron chi connectivity index (χ0n) is 17.4. The van der Waals surface area contributed by atoms with Gasteiger partial charge in [0.1, 0.15) is 11.5 Å². The van der Waals surface area contributed by atoms with Crippen molar-refractivity contribution >= 4 is 17.8 Å². The first-order chi connectivity index (χ1) is 15.7. The molecule has 0 saturated carbocycles. The Bertz CT molecular complexity index is 1320. The SMILES string of the molecule is COc1ccc(-c2nn(-c3ccccc3)cc2/C=C2\C=C(c3ccccc3)OC2=O)cc1. The van der Waals surface area contributed by atoms with E-state index in [0.717, 1.165) is 33.8 Å². The molecule has 0 N–H and O–H groups in total. The summed E-state index contributed by atoms with van der Waals surface area (Å²) in [7, 11) is 1.64. The van der Waals surface area contributed by atoms with Gasteiger partial charge in [-0.3, -0.25) is 0 Å². The molecule has 5 nitrogen and oxygen atoms in total. The number of ether oxygens (including phenoxy) is 2. The molecule has 0 amide bonds. The van der Waals surface area contributed by atoms with Gasteiger partial charge in [0.05, 0.1) is 24.1 Å². The third kappa shape index (κ3) is 3.84. The zero-order valence-corrected chi connectivity index (χ0v) is 17.4. The summed E-state index contributed by atoms with van der Waals surface area (Å²) in [6.45, 7) is 0. The average molecular weight is 420 g/mol. The third-order valence-corrected chi connectivity index (χ3v) is 5.22. The molecule has 1 aliphatic rings. The van der Waals surface area contributed by atoms with Crippen molar-refractivity contribution in [3.05, 3.63) is 114 Å². The van der Waals surface area contributed by atoms with Crippen LogP contribution < -0.4 is 4.74 Å². The van der Waals surface area contributed by atoms with E-state index in [2.05, 4.69) is 0 Å². The summed E-state index contributed by atoms with van der Waals surface area (Å²) in [5, 5.41) is 4.81. The van der Waals surface area contributed by atoms with Gasteiger partial charge in [-0.25, -0.2) is 9.48 Å². The highest BCUT2D eigenvalue weighted by Crippen LogP contribution is 2.31. The van der Waals surface area contributed by atoms with E-state index in [9.17, 15) is 4.79 Å². The van der Waals surface area contributed by atoms with Crippen molar-refractivity contribution in [2.24, 2.45) is 0 Å². The van der Waals surface area contributed by atoms with Crippen LogP contribution in [0.15, 0.2) is 103 Å². The van der Waals surface area contributed by atoms with Gasteiger partial charge in [-0.15, -0.1) is 0 Å². The second-order valence-electron chi connectivity index (χ2n) is 7.31. The van der Waals surface area contributed by atoms with E-state index in [4.69, 9.17) is 14.6 Å². The van der Waals surface area contributed by atoms with Gasteiger partial charge in [-0.2, -0.15) is 5.10 Å². The van der Waals surface area contributed by atoms with E-state index in [1.165, 1.54) is 0 Å². The summed E-state index contributed by atoms with van der Waals surface area (Å²) in [5.41, 5.74) is 4.77. The van der Waals surface area contributed by atoms with Gasteiger partial charge in [0.25, 0.3) is 0 Å². The lowest BCUT2D eigenvalue weighted by atomic mass is 10.1. The van der Waals surface area contributed by atoms with Crippen molar-refractivity contribution in [2.75, 3.05) is 7.11 Å². The molecule has 5 heteroatoms. The molecular formula is C27H20N2O3. The van der Waals surface area contributed by atoms with Crippen molar-refractivity contribution in [3.63, 3.8) is 0 Å². The highest BCUT2D eigenvalue weighted by molar-refractivity contribution is 6.05. The van der Waals surface area contributed by atoms with Gasteiger partial charge in [0, 0.05) is 22.9 Å². The fraction of sp³-hybridized carbons (Fsp3) is 0.0370. The van der Waals surface area contributed by atoms with Crippen LogP contribution in [-0.2, 0) is 9.53 Å². The van der Waals surface area contributed by atoms with E-state index in [1.54, 1.807) is 13.2 Å². The van der Waals surface area contributed by atoms with Gasteiger partial charge < -0.3 is 9.47 Å². The minimum atomic E-state index is -0.378. The normalized spacial score (nSPS) is 14.3. The monoisotopic (exact) mass is 420 g/mol. The van der Waals surface area contributed by atoms with Gasteiger partial charge in [0.15, 0.2) is 0 Å². The molecule has 0 atom stereocenters. The number of esters is 1. The maximum absolute atomic E-state index is 12.6. The van der Waals surface area contributed by atoms with Crippen LogP contribution in [0, 0.1) is 0 Å². The second-order valence-corrected chi connectivity index (χ2v) is 7.31. The van der Waals surface area contributed by atoms with Crippen LogP contribution >= 0.6 is 0 Å². The Morgan fingerprint density at radius 3 is 2.25 bits per heavy atom. The van der Waals surface area contributed by atoms with Gasteiger partial charge in [0.2, 0.25) is 0 Å². The van der Waals surface area contributed by atoms with Crippen molar-refractivity contribution < 1.29 is 14.3 Å². The number of aromatic nitrogens is 2. The first-order valence-electron chi connectivity index (χ1n) is 10.2. The molecule has 32 heavy (non-hydrogen) atoms. The van der Waals surface area contributed by atoms with Crippen molar-refractivity contribution in [1.29, 1.82) is 0 Å². The number of carbonyl (C=O) groups excluding carboxylic acids is 1. The van der Waals surface area contributed by atoms with Crippen molar-refractivity contribution in [2.45, 2.75) is 0 Å². The summed E-state index contributed by atoms with van der Waals surface area (Å²) in [5.74, 6) is 0.936. The number of carbonyl (C=O) groups is 1. The molecule has 3 aromatic carbocycles. The molecule has 0 fully saturated rings. The largest absolute Gasteiger partial charge is 0.497 e. The summed E-state index contributed by atoms with van der Waals surface area (Å²) in [6.07, 6.45) is 5.52. The van der Waals surface area contributed by atoms with Crippen LogP contribution in [0.3, 0.4) is 0 Å². The number of para-hydroxylation sites is 1. The quantitative estimate of drug-likeness (QED) is 0.315. The first-order valence-corrected chi connectivity index (χ1v) is 10.2. The smallest absolute Gasteiger partial charge is 0.343 e. The molecular weight excluding hydrogens is 400 g/mol. The highest BCUT2D eigenvalue weighted by atomic mass is 16.5. The van der Waals surface area contributed by atoms with E-state index >= 15 is 0 Å². The Labute approximate surface area is 185 Å². The summed E-state index contributed by atoms with van der Waals surface area (Å²) in [6, 6.07) is 27.1. The summed E-state index contributed by atoms with van der Waals surface area (Å²) >= 11 is 0. The van der Waals surface area contributed by atoms with E-state index in [1.807, 2.05) is 102 Å². The van der Waals surface area contributed by atoms with Crippen LogP contribution in [0.4, 0.5) is 0 Å². The van der Waals surface area contributed by atoms with Crippen LogP contribution in [0.2, 0.25) is 0 Å². The lowest BCUT2D eigenvalue weighted by Gasteiger charge is -2.03. The predicted octanol–water partition coefficient (Wildman–Crippen LogP) is 5.53. The van der Waals surface area contributed by atoms with Crippen LogP contribution in [0.5, 0.6) is 5.75 Å². The molecule has 0 aliphatic carbocycles. The van der Waals surface area contributed by atoms with Crippen molar-refractivity contribution in [1.82, 2.24) is 9.78 Å². The highest BCUT2D eigenvalue weighted by Gasteiger charge is 2.23. The molecule has 1 aromatic heterocycles. The summed E-state index contributed by atoms with van der Waals surface area (Å²) < 4.78 is 12.6. The van der Waals surface area contributed by atoms with E-state index in [0.29, 0.717) is 11.3 Å². The first kappa shape index (κ1) is 19.6. The molecule has 0 saturated heterocycles. The molecule has 156 valence electrons. The summed E-state index contributed by atoms with van der Waals surface area (Å²) in [4.78, 5) is 12.6. The minimum absolute atomic E-state index is 0.378. The Balaban J connectivity index is 1.60. The van der Waals surface area contributed by atoms with E-state index in [-0.39, 0.29) is 5.97 Å². The number of hydrogen-bond donors (Lipinski definition) is 0. The number of hydrogen-bond acceptors (Lipinski definition) is 4. The van der Waals surface area contributed by atoms with Crippen molar-refractivity contribution in [3.8, 4) is 22.7 Å².